The Bertz CT molecular complexity index is 1410. The molecule has 3 aromatic heterocycles. The number of hydrogen-bond donors (Lipinski definition) is 2. The van der Waals surface area contributed by atoms with Crippen LogP contribution in [0.5, 0.6) is 11.5 Å². The van der Waals surface area contributed by atoms with Crippen molar-refractivity contribution in [2.75, 3.05) is 11.9 Å². The van der Waals surface area contributed by atoms with Crippen molar-refractivity contribution in [3.05, 3.63) is 76.8 Å². The van der Waals surface area contributed by atoms with Crippen molar-refractivity contribution < 1.29 is 23.0 Å². The van der Waals surface area contributed by atoms with Gasteiger partial charge in [-0.25, -0.2) is 18.6 Å². The number of hydrogen-bond acceptors (Lipinski definition) is 5. The highest BCUT2D eigenvalue weighted by Gasteiger charge is 2.19. The third-order valence-corrected chi connectivity index (χ3v) is 7.88. The Morgan fingerprint density at radius 3 is 2.50 bits per heavy atom. The van der Waals surface area contributed by atoms with Crippen LogP contribution in [0.4, 0.5) is 19.3 Å². The first-order chi connectivity index (χ1) is 18.1. The molecular weight excluding hydrogens is 576 g/mol. The molecule has 0 radical (unpaired) electrons. The molecule has 1 aromatic carbocycles. The lowest BCUT2D eigenvalue weighted by molar-refractivity contribution is 0.0898. The Morgan fingerprint density at radius 1 is 1.11 bits per heavy atom. The molecule has 0 aliphatic heterocycles. The van der Waals surface area contributed by atoms with Crippen LogP contribution >= 0.6 is 15.9 Å². The maximum Gasteiger partial charge on any atom is 0.319 e. The quantitative estimate of drug-likeness (QED) is 0.152. The van der Waals surface area contributed by atoms with Gasteiger partial charge in [-0.1, -0.05) is 19.6 Å². The number of fused-ring (bicyclic) bond motifs is 1. The Hall–Kier alpha value is -3.35. The number of urea groups is 1. The number of ether oxygens (including phenoxy) is 2. The summed E-state index contributed by atoms with van der Waals surface area (Å²) in [6.07, 6.45) is 6.50. The van der Waals surface area contributed by atoms with Gasteiger partial charge in [0.25, 0.3) is 0 Å². The van der Waals surface area contributed by atoms with Gasteiger partial charge in [0.05, 0.1) is 5.39 Å². The number of halogens is 3. The van der Waals surface area contributed by atoms with E-state index in [2.05, 4.69) is 56.2 Å². The average Bonchev–Trinajstić information content (AvgIpc) is 3.19. The molecule has 4 rings (SSSR count). The average molecular weight is 605 g/mol. The van der Waals surface area contributed by atoms with E-state index < -0.39 is 31.5 Å². The van der Waals surface area contributed by atoms with Crippen molar-refractivity contribution in [3.63, 3.8) is 0 Å². The van der Waals surface area contributed by atoms with Gasteiger partial charge in [0.1, 0.15) is 18.1 Å². The van der Waals surface area contributed by atoms with Gasteiger partial charge >= 0.3 is 6.03 Å². The SMILES string of the molecule is C[Si](C)(C)CCOCn1cc(Br)c2c(Oc3c(F)cc(NC(=O)NCc4ccncc4)cc3F)ccnc21. The summed E-state index contributed by atoms with van der Waals surface area (Å²) < 4.78 is 43.8. The number of nitrogens with zero attached hydrogens (tertiary/aromatic N) is 3. The third-order valence-electron chi connectivity index (χ3n) is 5.57. The summed E-state index contributed by atoms with van der Waals surface area (Å²) in [6.45, 7) is 8.00. The monoisotopic (exact) mass is 603 g/mol. The van der Waals surface area contributed by atoms with Crippen LogP contribution in [0.15, 0.2) is 59.6 Å². The molecule has 0 bridgehead atoms. The lowest BCUT2D eigenvalue weighted by Gasteiger charge is -2.15. The maximum absolute atomic E-state index is 14.9. The molecule has 0 aliphatic rings. The van der Waals surface area contributed by atoms with Gasteiger partial charge in [-0.15, -0.1) is 0 Å². The van der Waals surface area contributed by atoms with Crippen LogP contribution in [0.2, 0.25) is 25.7 Å². The van der Waals surface area contributed by atoms with E-state index in [0.717, 1.165) is 23.7 Å². The van der Waals surface area contributed by atoms with Crippen molar-refractivity contribution in [2.45, 2.75) is 39.0 Å². The first kappa shape index (κ1) is 27.7. The maximum atomic E-state index is 14.9. The summed E-state index contributed by atoms with van der Waals surface area (Å²) in [4.78, 5) is 20.5. The van der Waals surface area contributed by atoms with Gasteiger partial charge in [0, 0.05) is 68.3 Å². The zero-order valence-electron chi connectivity index (χ0n) is 21.2. The minimum atomic E-state index is -1.22. The van der Waals surface area contributed by atoms with E-state index in [1.54, 1.807) is 35.3 Å². The molecule has 12 heteroatoms. The fourth-order valence-corrected chi connectivity index (χ4v) is 4.94. The molecule has 0 unspecified atom stereocenters. The zero-order valence-corrected chi connectivity index (χ0v) is 23.8. The van der Waals surface area contributed by atoms with E-state index in [-0.39, 0.29) is 24.7 Å². The highest BCUT2D eigenvalue weighted by Crippen LogP contribution is 2.37. The van der Waals surface area contributed by atoms with Crippen molar-refractivity contribution in [2.24, 2.45) is 0 Å². The minimum absolute atomic E-state index is 0.0535. The van der Waals surface area contributed by atoms with Crippen LogP contribution in [-0.4, -0.2) is 35.2 Å². The van der Waals surface area contributed by atoms with E-state index in [4.69, 9.17) is 9.47 Å². The fraction of sp³-hybridized carbons (Fsp3) is 0.269. The zero-order chi connectivity index (χ0) is 27.3. The van der Waals surface area contributed by atoms with E-state index >= 15 is 0 Å². The molecule has 0 saturated heterocycles. The molecule has 38 heavy (non-hydrogen) atoms. The largest absolute Gasteiger partial charge is 0.450 e. The summed E-state index contributed by atoms with van der Waals surface area (Å²) >= 11 is 3.50. The summed E-state index contributed by atoms with van der Waals surface area (Å²) in [6, 6.07) is 7.44. The number of amides is 2. The van der Waals surface area contributed by atoms with Crippen LogP contribution < -0.4 is 15.4 Å². The van der Waals surface area contributed by atoms with Gasteiger partial charge in [-0.3, -0.25) is 4.98 Å². The lowest BCUT2D eigenvalue weighted by Crippen LogP contribution is -2.28. The van der Waals surface area contributed by atoms with Gasteiger partial charge in [-0.2, -0.15) is 0 Å². The molecule has 8 nitrogen and oxygen atoms in total. The first-order valence-corrected chi connectivity index (χ1v) is 16.4. The predicted octanol–water partition coefficient (Wildman–Crippen LogP) is 6.90. The number of nitrogens with one attached hydrogen (secondary N) is 2. The van der Waals surface area contributed by atoms with E-state index in [9.17, 15) is 13.6 Å². The summed E-state index contributed by atoms with van der Waals surface area (Å²) in [7, 11) is -1.22. The van der Waals surface area contributed by atoms with Crippen molar-refractivity contribution in [1.82, 2.24) is 19.9 Å². The fourth-order valence-electron chi connectivity index (χ4n) is 3.56. The number of carbonyl (C=O) groups excluding carboxylic acids is 1. The summed E-state index contributed by atoms with van der Waals surface area (Å²) in [5, 5.41) is 5.60. The Morgan fingerprint density at radius 2 is 1.82 bits per heavy atom. The van der Waals surface area contributed by atoms with Gasteiger partial charge < -0.3 is 24.7 Å². The van der Waals surface area contributed by atoms with E-state index in [1.165, 1.54) is 12.3 Å². The Kier molecular flexibility index (Phi) is 8.75. The van der Waals surface area contributed by atoms with Crippen LogP contribution in [0.25, 0.3) is 11.0 Å². The highest BCUT2D eigenvalue weighted by atomic mass is 79.9. The molecular formula is C26H28BrF2N5O3Si. The topological polar surface area (TPSA) is 90.3 Å². The second-order valence-electron chi connectivity index (χ2n) is 9.84. The predicted molar refractivity (Wildman–Crippen MR) is 148 cm³/mol. The molecule has 2 N–H and O–H groups in total. The molecule has 4 aromatic rings. The highest BCUT2D eigenvalue weighted by molar-refractivity contribution is 9.10. The summed E-state index contributed by atoms with van der Waals surface area (Å²) in [5.41, 5.74) is 1.33. The van der Waals surface area contributed by atoms with Crippen molar-refractivity contribution >= 4 is 46.8 Å². The molecule has 0 saturated carbocycles. The normalized spacial score (nSPS) is 11.5. The van der Waals surface area contributed by atoms with E-state index in [1.807, 2.05) is 0 Å². The standard InChI is InChI=1S/C26H28BrF2N5O3Si/c1-38(2,3)11-10-36-16-34-15-19(27)23-22(6-9-31-25(23)34)37-24-20(28)12-18(13-21(24)29)33-26(35)32-14-17-4-7-30-8-5-17/h4-9,12-13,15H,10-11,14,16H2,1-3H3,(H2,32,33,35). The van der Waals surface area contributed by atoms with Crippen LogP contribution in [-0.2, 0) is 18.0 Å². The van der Waals surface area contributed by atoms with Crippen LogP contribution in [0, 0.1) is 11.6 Å². The van der Waals surface area contributed by atoms with Gasteiger partial charge in [-0.05, 0) is 45.7 Å². The lowest BCUT2D eigenvalue weighted by atomic mass is 10.2. The Balaban J connectivity index is 1.46. The number of carbonyl (C=O) groups is 1. The number of aromatic nitrogens is 3. The molecule has 2 amide bonds. The molecule has 0 aliphatic carbocycles. The van der Waals surface area contributed by atoms with Crippen molar-refractivity contribution in [3.8, 4) is 11.5 Å². The van der Waals surface area contributed by atoms with Gasteiger partial charge in [0.2, 0.25) is 0 Å². The molecule has 0 spiro atoms. The minimum Gasteiger partial charge on any atom is -0.450 e. The molecule has 0 fully saturated rings. The second kappa shape index (κ2) is 12.0. The van der Waals surface area contributed by atoms with Crippen LogP contribution in [0.3, 0.4) is 0 Å². The van der Waals surface area contributed by atoms with E-state index in [0.29, 0.717) is 22.1 Å². The number of pyridine rings is 2. The number of rotatable bonds is 10. The van der Waals surface area contributed by atoms with Gasteiger partial charge in [0.15, 0.2) is 17.4 Å². The molecule has 0 atom stereocenters. The molecule has 3 heterocycles. The summed E-state index contributed by atoms with van der Waals surface area (Å²) in [5.74, 6) is -2.31. The molecule has 200 valence electrons. The smallest absolute Gasteiger partial charge is 0.319 e. The second-order valence-corrected chi connectivity index (χ2v) is 16.3. The number of anilines is 1. The number of benzene rings is 1. The van der Waals surface area contributed by atoms with Crippen LogP contribution in [0.1, 0.15) is 5.56 Å². The third kappa shape index (κ3) is 7.15. The Labute approximate surface area is 228 Å². The van der Waals surface area contributed by atoms with Crippen molar-refractivity contribution in [1.29, 1.82) is 0 Å². The first-order valence-electron chi connectivity index (χ1n) is 11.9.